The highest BCUT2D eigenvalue weighted by atomic mass is 35.5. The molecule has 0 saturated heterocycles. The summed E-state index contributed by atoms with van der Waals surface area (Å²) in [6.45, 7) is 1.81. The van der Waals surface area contributed by atoms with Crippen LogP contribution < -0.4 is 5.32 Å². The Balaban J connectivity index is 1.76. The van der Waals surface area contributed by atoms with Crippen molar-refractivity contribution in [2.75, 3.05) is 0 Å². The molecule has 2 unspecified atom stereocenters. The minimum absolute atomic E-state index is 0.0290. The molecule has 20 heavy (non-hydrogen) atoms. The van der Waals surface area contributed by atoms with Gasteiger partial charge in [-0.25, -0.2) is 0 Å². The van der Waals surface area contributed by atoms with E-state index in [1.54, 1.807) is 0 Å². The van der Waals surface area contributed by atoms with Crippen LogP contribution in [0.3, 0.4) is 0 Å². The van der Waals surface area contributed by atoms with E-state index in [0.29, 0.717) is 17.4 Å². The van der Waals surface area contributed by atoms with E-state index in [-0.39, 0.29) is 11.9 Å². The third-order valence-electron chi connectivity index (χ3n) is 4.37. The first-order chi connectivity index (χ1) is 9.33. The second kappa shape index (κ2) is 4.79. The first kappa shape index (κ1) is 14.5. The molecule has 0 radical (unpaired) electrons. The van der Waals surface area contributed by atoms with Crippen LogP contribution in [0.15, 0.2) is 24.3 Å². The Morgan fingerprint density at radius 2 is 1.85 bits per heavy atom. The number of nitrogens with one attached hydrogen (secondary N) is 1. The van der Waals surface area contributed by atoms with Crippen molar-refractivity contribution in [2.45, 2.75) is 36.6 Å². The summed E-state index contributed by atoms with van der Waals surface area (Å²) in [5.74, 6) is 0.442. The van der Waals surface area contributed by atoms with E-state index in [0.717, 1.165) is 18.4 Å². The molecule has 0 aromatic heterocycles. The van der Waals surface area contributed by atoms with Gasteiger partial charge in [-0.2, -0.15) is 0 Å². The van der Waals surface area contributed by atoms with Crippen molar-refractivity contribution >= 4 is 40.7 Å². The molecule has 1 aromatic rings. The predicted octanol–water partition coefficient (Wildman–Crippen LogP) is 4.49. The van der Waals surface area contributed by atoms with Crippen molar-refractivity contribution in [3.05, 3.63) is 34.9 Å². The van der Waals surface area contributed by atoms with Crippen LogP contribution in [-0.2, 0) is 4.79 Å². The van der Waals surface area contributed by atoms with Crippen molar-refractivity contribution in [2.24, 2.45) is 11.3 Å². The number of carbonyl (C=O) groups excluding carboxylic acids is 1. The zero-order valence-corrected chi connectivity index (χ0v) is 13.4. The first-order valence-corrected chi connectivity index (χ1v) is 7.91. The molecule has 2 aliphatic carbocycles. The fourth-order valence-corrected chi connectivity index (χ4v) is 3.35. The molecule has 2 saturated carbocycles. The fraction of sp³-hybridized carbons (Fsp3) is 0.533. The lowest BCUT2D eigenvalue weighted by atomic mass is 10.0. The standard InChI is InChI=1S/C15H16Cl3NO/c1-14(8-15(14,17)18)13(20)19-12(9-2-3-9)10-4-6-11(16)7-5-10/h4-7,9,12H,2-3,8H2,1H3,(H,19,20). The first-order valence-electron chi connectivity index (χ1n) is 6.78. The minimum Gasteiger partial charge on any atom is -0.348 e. The van der Waals surface area contributed by atoms with Crippen LogP contribution in [0.2, 0.25) is 5.02 Å². The number of benzene rings is 1. The highest BCUT2D eigenvalue weighted by Crippen LogP contribution is 2.64. The number of hydrogen-bond donors (Lipinski definition) is 1. The van der Waals surface area contributed by atoms with Gasteiger partial charge in [-0.15, -0.1) is 23.2 Å². The summed E-state index contributed by atoms with van der Waals surface area (Å²) in [4.78, 5) is 12.4. The van der Waals surface area contributed by atoms with Crippen LogP contribution in [0.4, 0.5) is 0 Å². The molecule has 108 valence electrons. The van der Waals surface area contributed by atoms with Crippen molar-refractivity contribution < 1.29 is 4.79 Å². The minimum atomic E-state index is -0.925. The maximum Gasteiger partial charge on any atom is 0.229 e. The zero-order valence-electron chi connectivity index (χ0n) is 11.1. The van der Waals surface area contributed by atoms with E-state index in [2.05, 4.69) is 5.32 Å². The molecule has 1 N–H and O–H groups in total. The van der Waals surface area contributed by atoms with Gasteiger partial charge >= 0.3 is 0 Å². The fourth-order valence-electron chi connectivity index (χ4n) is 2.52. The Kier molecular flexibility index (Phi) is 3.47. The average Bonchev–Trinajstić information content (AvgIpc) is 3.27. The molecular formula is C15H16Cl3NO. The van der Waals surface area contributed by atoms with Crippen molar-refractivity contribution in [3.8, 4) is 0 Å². The molecule has 2 aliphatic rings. The molecule has 2 nitrogen and oxygen atoms in total. The number of hydrogen-bond acceptors (Lipinski definition) is 1. The zero-order chi connectivity index (χ0) is 14.5. The lowest BCUT2D eigenvalue weighted by Crippen LogP contribution is -2.37. The van der Waals surface area contributed by atoms with Crippen molar-refractivity contribution in [1.82, 2.24) is 5.32 Å². The molecule has 0 heterocycles. The Bertz CT molecular complexity index is 539. The summed E-state index contributed by atoms with van der Waals surface area (Å²) < 4.78 is -0.925. The van der Waals surface area contributed by atoms with E-state index in [4.69, 9.17) is 34.8 Å². The smallest absolute Gasteiger partial charge is 0.229 e. The van der Waals surface area contributed by atoms with Gasteiger partial charge in [-0.1, -0.05) is 23.7 Å². The van der Waals surface area contributed by atoms with Crippen LogP contribution in [0.5, 0.6) is 0 Å². The number of alkyl halides is 2. The summed E-state index contributed by atoms with van der Waals surface area (Å²) in [5.41, 5.74) is 0.416. The van der Waals surface area contributed by atoms with Gasteiger partial charge < -0.3 is 5.32 Å². The predicted molar refractivity (Wildman–Crippen MR) is 82.2 cm³/mol. The van der Waals surface area contributed by atoms with Crippen LogP contribution in [0.25, 0.3) is 0 Å². The molecule has 2 fully saturated rings. The van der Waals surface area contributed by atoms with E-state index in [9.17, 15) is 4.79 Å². The van der Waals surface area contributed by atoms with Gasteiger partial charge in [-0.3, -0.25) is 4.79 Å². The van der Waals surface area contributed by atoms with Crippen molar-refractivity contribution in [1.29, 1.82) is 0 Å². The van der Waals surface area contributed by atoms with E-state index in [1.165, 1.54) is 0 Å². The summed E-state index contributed by atoms with van der Waals surface area (Å²) >= 11 is 18.1. The molecule has 3 rings (SSSR count). The topological polar surface area (TPSA) is 29.1 Å². The number of amides is 1. The van der Waals surface area contributed by atoms with Crippen LogP contribution in [0.1, 0.15) is 37.8 Å². The van der Waals surface area contributed by atoms with Gasteiger partial charge in [0.2, 0.25) is 5.91 Å². The largest absolute Gasteiger partial charge is 0.348 e. The molecule has 1 amide bonds. The van der Waals surface area contributed by atoms with Gasteiger partial charge in [0.25, 0.3) is 0 Å². The van der Waals surface area contributed by atoms with Gasteiger partial charge in [-0.05, 0) is 49.8 Å². The molecule has 1 aromatic carbocycles. The van der Waals surface area contributed by atoms with Crippen molar-refractivity contribution in [3.63, 3.8) is 0 Å². The second-order valence-corrected chi connectivity index (χ2v) is 7.97. The maximum atomic E-state index is 12.4. The van der Waals surface area contributed by atoms with Crippen LogP contribution in [0, 0.1) is 11.3 Å². The highest BCUT2D eigenvalue weighted by molar-refractivity contribution is 6.53. The summed E-state index contributed by atoms with van der Waals surface area (Å²) in [7, 11) is 0. The lowest BCUT2D eigenvalue weighted by Gasteiger charge is -2.22. The van der Waals surface area contributed by atoms with Crippen LogP contribution >= 0.6 is 34.8 Å². The van der Waals surface area contributed by atoms with Gasteiger partial charge in [0, 0.05) is 5.02 Å². The highest BCUT2D eigenvalue weighted by Gasteiger charge is 2.68. The average molecular weight is 333 g/mol. The Morgan fingerprint density at radius 3 is 2.30 bits per heavy atom. The van der Waals surface area contributed by atoms with Crippen LogP contribution in [-0.4, -0.2) is 10.2 Å². The molecule has 0 bridgehead atoms. The molecule has 0 aliphatic heterocycles. The summed E-state index contributed by atoms with van der Waals surface area (Å²) in [6, 6.07) is 7.67. The third kappa shape index (κ3) is 2.54. The molecule has 0 spiro atoms. The van der Waals surface area contributed by atoms with E-state index >= 15 is 0 Å². The Morgan fingerprint density at radius 1 is 1.30 bits per heavy atom. The monoisotopic (exact) mass is 331 g/mol. The normalized spacial score (nSPS) is 28.8. The SMILES string of the molecule is CC1(C(=O)NC(c2ccc(Cl)cc2)C2CC2)CC1(Cl)Cl. The summed E-state index contributed by atoms with van der Waals surface area (Å²) in [6.07, 6.45) is 2.78. The summed E-state index contributed by atoms with van der Waals surface area (Å²) in [5, 5.41) is 3.82. The van der Waals surface area contributed by atoms with Gasteiger partial charge in [0.15, 0.2) is 0 Å². The second-order valence-electron chi connectivity index (χ2n) is 6.05. The number of carbonyl (C=O) groups is 1. The Hall–Kier alpha value is -0.440. The number of rotatable bonds is 4. The maximum absolute atomic E-state index is 12.4. The van der Waals surface area contributed by atoms with E-state index in [1.807, 2.05) is 31.2 Å². The lowest BCUT2D eigenvalue weighted by molar-refractivity contribution is -0.126. The van der Waals surface area contributed by atoms with Gasteiger partial charge in [0.1, 0.15) is 4.33 Å². The molecule has 2 atom stereocenters. The molecular weight excluding hydrogens is 317 g/mol. The van der Waals surface area contributed by atoms with Gasteiger partial charge in [0.05, 0.1) is 11.5 Å². The Labute approximate surface area is 133 Å². The quantitative estimate of drug-likeness (QED) is 0.809. The molecule has 5 heteroatoms. The number of halogens is 3. The van der Waals surface area contributed by atoms with E-state index < -0.39 is 9.75 Å². The third-order valence-corrected chi connectivity index (χ3v) is 5.72.